The number of hydrogen-bond acceptors (Lipinski definition) is 2. The molecule has 0 saturated heterocycles. The van der Waals surface area contributed by atoms with Crippen molar-refractivity contribution in [1.29, 1.82) is 0 Å². The molecule has 0 saturated carbocycles. The Bertz CT molecular complexity index is 1190. The van der Waals surface area contributed by atoms with Crippen LogP contribution in [-0.2, 0) is 12.0 Å². The Morgan fingerprint density at radius 3 is 2.30 bits per heavy atom. The molecule has 0 aliphatic heterocycles. The van der Waals surface area contributed by atoms with Crippen molar-refractivity contribution < 1.29 is 4.79 Å². The zero-order valence-electron chi connectivity index (χ0n) is 17.3. The Hall–Kier alpha value is -3.11. The van der Waals surface area contributed by atoms with Gasteiger partial charge in [0, 0.05) is 10.6 Å². The molecule has 0 unspecified atom stereocenters. The van der Waals surface area contributed by atoms with Crippen LogP contribution in [-0.4, -0.2) is 15.5 Å². The van der Waals surface area contributed by atoms with E-state index in [2.05, 4.69) is 55.3 Å². The number of anilines is 1. The lowest BCUT2D eigenvalue weighted by atomic mass is 9.87. The van der Waals surface area contributed by atoms with E-state index in [-0.39, 0.29) is 11.3 Å². The molecule has 5 heteroatoms. The normalized spacial score (nSPS) is 11.6. The fourth-order valence-corrected chi connectivity index (χ4v) is 3.52. The first-order valence-electron chi connectivity index (χ1n) is 9.93. The highest BCUT2D eigenvalue weighted by Gasteiger charge is 2.16. The Labute approximate surface area is 181 Å². The van der Waals surface area contributed by atoms with Gasteiger partial charge in [-0.15, -0.1) is 0 Å². The molecule has 0 bridgehead atoms. The van der Waals surface area contributed by atoms with E-state index in [0.29, 0.717) is 23.1 Å². The topological polar surface area (TPSA) is 46.9 Å². The van der Waals surface area contributed by atoms with Crippen LogP contribution in [0.15, 0.2) is 72.8 Å². The summed E-state index contributed by atoms with van der Waals surface area (Å²) in [6.07, 6.45) is 0. The minimum Gasteiger partial charge on any atom is -0.305 e. The van der Waals surface area contributed by atoms with Gasteiger partial charge in [-0.1, -0.05) is 68.8 Å². The number of fused-ring (bicyclic) bond motifs is 1. The third-order valence-electron chi connectivity index (χ3n) is 5.15. The SMILES string of the molecule is CC(C)(C)c1ccc(Cn2c(NC(=O)c3ccc(Cl)cc3)nc3ccccc32)cc1. The van der Waals surface area contributed by atoms with Crippen molar-refractivity contribution in [3.8, 4) is 0 Å². The summed E-state index contributed by atoms with van der Waals surface area (Å²) in [5, 5.41) is 3.56. The third kappa shape index (κ3) is 4.24. The van der Waals surface area contributed by atoms with E-state index in [1.165, 1.54) is 5.56 Å². The number of benzene rings is 3. The van der Waals surface area contributed by atoms with Crippen molar-refractivity contribution in [3.05, 3.63) is 94.5 Å². The molecule has 0 aliphatic rings. The van der Waals surface area contributed by atoms with Gasteiger partial charge < -0.3 is 4.57 Å². The number of nitrogens with zero attached hydrogens (tertiary/aromatic N) is 2. The quantitative estimate of drug-likeness (QED) is 0.424. The molecule has 4 aromatic rings. The standard InChI is InChI=1S/C25H24ClN3O/c1-25(2,3)19-12-8-17(9-13-19)16-29-22-7-5-4-6-21(22)27-24(29)28-23(30)18-10-14-20(26)15-11-18/h4-15H,16H2,1-3H3,(H,27,28,30). The van der Waals surface area contributed by atoms with E-state index >= 15 is 0 Å². The van der Waals surface area contributed by atoms with Gasteiger partial charge in [0.25, 0.3) is 5.91 Å². The smallest absolute Gasteiger partial charge is 0.257 e. The Morgan fingerprint density at radius 1 is 0.967 bits per heavy atom. The zero-order valence-corrected chi connectivity index (χ0v) is 18.1. The molecule has 152 valence electrons. The monoisotopic (exact) mass is 417 g/mol. The van der Waals surface area contributed by atoms with Crippen LogP contribution in [0.3, 0.4) is 0 Å². The summed E-state index contributed by atoms with van der Waals surface area (Å²) in [5.74, 6) is 0.308. The highest BCUT2D eigenvalue weighted by Crippen LogP contribution is 2.25. The molecule has 0 atom stereocenters. The Balaban J connectivity index is 1.66. The van der Waals surface area contributed by atoms with E-state index in [0.717, 1.165) is 16.6 Å². The Morgan fingerprint density at radius 2 is 1.63 bits per heavy atom. The third-order valence-corrected chi connectivity index (χ3v) is 5.40. The lowest BCUT2D eigenvalue weighted by Gasteiger charge is -2.19. The molecule has 4 nitrogen and oxygen atoms in total. The number of hydrogen-bond donors (Lipinski definition) is 1. The number of carbonyl (C=O) groups is 1. The van der Waals surface area contributed by atoms with Crippen LogP contribution >= 0.6 is 11.6 Å². The molecule has 0 aliphatic carbocycles. The van der Waals surface area contributed by atoms with Gasteiger partial charge in [-0.2, -0.15) is 0 Å². The first kappa shape index (κ1) is 20.2. The molecular weight excluding hydrogens is 394 g/mol. The summed E-state index contributed by atoms with van der Waals surface area (Å²) in [7, 11) is 0. The maximum atomic E-state index is 12.8. The lowest BCUT2D eigenvalue weighted by molar-refractivity contribution is 0.102. The summed E-state index contributed by atoms with van der Waals surface area (Å²) < 4.78 is 2.04. The molecule has 3 aromatic carbocycles. The molecule has 0 fully saturated rings. The average Bonchev–Trinajstić information content (AvgIpc) is 3.05. The van der Waals surface area contributed by atoms with Gasteiger partial charge in [-0.25, -0.2) is 4.98 Å². The van der Waals surface area contributed by atoms with Crippen LogP contribution in [0.25, 0.3) is 11.0 Å². The minimum atomic E-state index is -0.216. The van der Waals surface area contributed by atoms with Crippen LogP contribution in [0.2, 0.25) is 5.02 Å². The number of nitrogens with one attached hydrogen (secondary N) is 1. The van der Waals surface area contributed by atoms with E-state index in [1.807, 2.05) is 28.8 Å². The van der Waals surface area contributed by atoms with Crippen LogP contribution < -0.4 is 5.32 Å². The maximum Gasteiger partial charge on any atom is 0.257 e. The van der Waals surface area contributed by atoms with Gasteiger partial charge in [0.15, 0.2) is 0 Å². The van der Waals surface area contributed by atoms with Gasteiger partial charge in [0.1, 0.15) is 0 Å². The first-order valence-corrected chi connectivity index (χ1v) is 10.3. The number of rotatable bonds is 4. The number of imidazole rings is 1. The van der Waals surface area contributed by atoms with Gasteiger partial charge in [-0.05, 0) is 52.9 Å². The number of para-hydroxylation sites is 2. The molecule has 30 heavy (non-hydrogen) atoms. The molecule has 0 spiro atoms. The molecule has 1 aromatic heterocycles. The fraction of sp³-hybridized carbons (Fsp3) is 0.200. The highest BCUT2D eigenvalue weighted by molar-refractivity contribution is 6.30. The molecular formula is C25H24ClN3O. The van der Waals surface area contributed by atoms with Crippen molar-refractivity contribution in [2.24, 2.45) is 0 Å². The van der Waals surface area contributed by atoms with Gasteiger partial charge in [0.2, 0.25) is 5.95 Å². The summed E-state index contributed by atoms with van der Waals surface area (Å²) >= 11 is 5.94. The summed E-state index contributed by atoms with van der Waals surface area (Å²) in [4.78, 5) is 17.4. The lowest BCUT2D eigenvalue weighted by Crippen LogP contribution is -2.16. The molecule has 4 rings (SSSR count). The van der Waals surface area contributed by atoms with E-state index in [4.69, 9.17) is 11.6 Å². The van der Waals surface area contributed by atoms with Crippen LogP contribution in [0.5, 0.6) is 0 Å². The van der Waals surface area contributed by atoms with E-state index in [1.54, 1.807) is 24.3 Å². The van der Waals surface area contributed by atoms with Gasteiger partial charge >= 0.3 is 0 Å². The average molecular weight is 418 g/mol. The van der Waals surface area contributed by atoms with Crippen LogP contribution in [0.4, 0.5) is 5.95 Å². The van der Waals surface area contributed by atoms with Gasteiger partial charge in [-0.3, -0.25) is 10.1 Å². The van der Waals surface area contributed by atoms with Crippen molar-refractivity contribution in [2.45, 2.75) is 32.7 Å². The van der Waals surface area contributed by atoms with Crippen molar-refractivity contribution in [1.82, 2.24) is 9.55 Å². The van der Waals surface area contributed by atoms with E-state index < -0.39 is 0 Å². The van der Waals surface area contributed by atoms with Gasteiger partial charge in [0.05, 0.1) is 17.6 Å². The number of carbonyl (C=O) groups excluding carboxylic acids is 1. The minimum absolute atomic E-state index is 0.109. The predicted molar refractivity (Wildman–Crippen MR) is 123 cm³/mol. The predicted octanol–water partition coefficient (Wildman–Crippen LogP) is 6.29. The highest BCUT2D eigenvalue weighted by atomic mass is 35.5. The molecule has 1 N–H and O–H groups in total. The maximum absolute atomic E-state index is 12.8. The van der Waals surface area contributed by atoms with Crippen molar-refractivity contribution in [3.63, 3.8) is 0 Å². The molecule has 1 heterocycles. The second-order valence-corrected chi connectivity index (χ2v) is 8.85. The Kier molecular flexibility index (Phi) is 5.35. The number of aromatic nitrogens is 2. The van der Waals surface area contributed by atoms with Crippen molar-refractivity contribution in [2.75, 3.05) is 5.32 Å². The van der Waals surface area contributed by atoms with Crippen LogP contribution in [0, 0.1) is 0 Å². The second kappa shape index (κ2) is 7.96. The summed E-state index contributed by atoms with van der Waals surface area (Å²) in [5.41, 5.74) is 4.90. The number of halogens is 1. The van der Waals surface area contributed by atoms with E-state index in [9.17, 15) is 4.79 Å². The molecule has 1 amide bonds. The van der Waals surface area contributed by atoms with Crippen LogP contribution in [0.1, 0.15) is 42.3 Å². The summed E-state index contributed by atoms with van der Waals surface area (Å²) in [6, 6.07) is 23.3. The van der Waals surface area contributed by atoms with Crippen molar-refractivity contribution >= 4 is 34.5 Å². The number of amides is 1. The zero-order chi connectivity index (χ0) is 21.3. The summed E-state index contributed by atoms with van der Waals surface area (Å²) in [6.45, 7) is 7.22. The largest absolute Gasteiger partial charge is 0.305 e. The second-order valence-electron chi connectivity index (χ2n) is 8.42. The first-order chi connectivity index (χ1) is 14.3. The fourth-order valence-electron chi connectivity index (χ4n) is 3.40. The molecule has 0 radical (unpaired) electrons.